The first-order valence-corrected chi connectivity index (χ1v) is 10.6. The van der Waals surface area contributed by atoms with Gasteiger partial charge in [0.1, 0.15) is 0 Å². The third-order valence-electron chi connectivity index (χ3n) is 5.88. The van der Waals surface area contributed by atoms with Crippen LogP contribution < -0.4 is 0 Å². The van der Waals surface area contributed by atoms with Gasteiger partial charge in [-0.05, 0) is 54.9 Å². The molecule has 3 atom stereocenters. The standard InChI is InChI=1S/C28H29N/c1-20(2)18-21(3)27-25(22-12-6-4-7-13-22)19-24-16-10-11-17-26(24)29-28(27)23-14-8-5-9-15-23/h4-18,21,25,27H,19H2,1-3H3. The lowest BCUT2D eigenvalue weighted by atomic mass is 9.72. The van der Waals surface area contributed by atoms with Crippen LogP contribution in [-0.2, 0) is 6.42 Å². The molecule has 1 aliphatic rings. The molecule has 3 aromatic carbocycles. The zero-order valence-electron chi connectivity index (χ0n) is 17.5. The zero-order valence-corrected chi connectivity index (χ0v) is 17.5. The van der Waals surface area contributed by atoms with Crippen LogP contribution >= 0.6 is 0 Å². The molecular formula is C28H29N. The lowest BCUT2D eigenvalue weighted by Gasteiger charge is -2.31. The average molecular weight is 380 g/mol. The van der Waals surface area contributed by atoms with Gasteiger partial charge in [0.2, 0.25) is 0 Å². The number of fused-ring (bicyclic) bond motifs is 1. The molecule has 0 saturated carbocycles. The van der Waals surface area contributed by atoms with Crippen molar-refractivity contribution in [2.75, 3.05) is 0 Å². The van der Waals surface area contributed by atoms with Gasteiger partial charge in [-0.3, -0.25) is 4.99 Å². The Morgan fingerprint density at radius 3 is 2.17 bits per heavy atom. The number of nitrogens with zero attached hydrogens (tertiary/aromatic N) is 1. The molecule has 1 heterocycles. The molecule has 146 valence electrons. The molecule has 0 aliphatic carbocycles. The molecule has 0 saturated heterocycles. The molecule has 0 radical (unpaired) electrons. The largest absolute Gasteiger partial charge is 0.252 e. The summed E-state index contributed by atoms with van der Waals surface area (Å²) in [6.45, 7) is 6.74. The van der Waals surface area contributed by atoms with Crippen molar-refractivity contribution in [3.05, 3.63) is 113 Å². The van der Waals surface area contributed by atoms with Gasteiger partial charge >= 0.3 is 0 Å². The summed E-state index contributed by atoms with van der Waals surface area (Å²) in [4.78, 5) is 5.28. The molecule has 0 amide bonds. The van der Waals surface area contributed by atoms with Crippen molar-refractivity contribution < 1.29 is 0 Å². The van der Waals surface area contributed by atoms with Gasteiger partial charge in [0.15, 0.2) is 0 Å². The average Bonchev–Trinajstić information content (AvgIpc) is 2.92. The number of aliphatic imine (C=N–C) groups is 1. The van der Waals surface area contributed by atoms with Crippen LogP contribution in [0.4, 0.5) is 5.69 Å². The predicted octanol–water partition coefficient (Wildman–Crippen LogP) is 7.37. The number of hydrogen-bond donors (Lipinski definition) is 0. The molecule has 3 aromatic rings. The van der Waals surface area contributed by atoms with Crippen LogP contribution in [0.15, 0.2) is 102 Å². The minimum Gasteiger partial charge on any atom is -0.252 e. The first-order chi connectivity index (χ1) is 14.1. The number of benzene rings is 3. The zero-order chi connectivity index (χ0) is 20.2. The van der Waals surface area contributed by atoms with Crippen LogP contribution in [0.2, 0.25) is 0 Å². The molecule has 0 aromatic heterocycles. The van der Waals surface area contributed by atoms with Gasteiger partial charge in [0, 0.05) is 5.92 Å². The molecule has 0 bridgehead atoms. The summed E-state index contributed by atoms with van der Waals surface area (Å²) in [6, 6.07) is 30.4. The van der Waals surface area contributed by atoms with Crippen molar-refractivity contribution in [2.45, 2.75) is 33.1 Å². The molecular weight excluding hydrogens is 350 g/mol. The van der Waals surface area contributed by atoms with E-state index in [1.54, 1.807) is 0 Å². The predicted molar refractivity (Wildman–Crippen MR) is 124 cm³/mol. The Morgan fingerprint density at radius 1 is 0.862 bits per heavy atom. The summed E-state index contributed by atoms with van der Waals surface area (Å²) in [5, 5.41) is 0. The minimum absolute atomic E-state index is 0.307. The van der Waals surface area contributed by atoms with E-state index in [9.17, 15) is 0 Å². The maximum Gasteiger partial charge on any atom is 0.0665 e. The second kappa shape index (κ2) is 8.61. The van der Waals surface area contributed by atoms with Crippen LogP contribution in [0.1, 0.15) is 43.4 Å². The summed E-state index contributed by atoms with van der Waals surface area (Å²) in [5.41, 5.74) is 7.63. The van der Waals surface area contributed by atoms with Crippen LogP contribution in [0.25, 0.3) is 0 Å². The quantitative estimate of drug-likeness (QED) is 0.420. The first-order valence-electron chi connectivity index (χ1n) is 10.6. The summed E-state index contributed by atoms with van der Waals surface area (Å²) in [5.74, 6) is 1.07. The highest BCUT2D eigenvalue weighted by Gasteiger charge is 2.34. The molecule has 0 spiro atoms. The van der Waals surface area contributed by atoms with Crippen molar-refractivity contribution in [1.82, 2.24) is 0 Å². The fourth-order valence-corrected chi connectivity index (χ4v) is 4.69. The summed E-state index contributed by atoms with van der Waals surface area (Å²) >= 11 is 0. The molecule has 1 aliphatic heterocycles. The van der Waals surface area contributed by atoms with Crippen LogP contribution in [0.3, 0.4) is 0 Å². The first kappa shape index (κ1) is 19.4. The Hall–Kier alpha value is -2.93. The number of rotatable bonds is 4. The molecule has 0 N–H and O–H groups in total. The van der Waals surface area contributed by atoms with Gasteiger partial charge in [-0.1, -0.05) is 97.4 Å². The van der Waals surface area contributed by atoms with Gasteiger partial charge in [0.25, 0.3) is 0 Å². The van der Waals surface area contributed by atoms with E-state index in [-0.39, 0.29) is 0 Å². The van der Waals surface area contributed by atoms with Gasteiger partial charge in [-0.2, -0.15) is 0 Å². The Balaban J connectivity index is 1.95. The maximum atomic E-state index is 5.28. The van der Waals surface area contributed by atoms with Gasteiger partial charge in [-0.25, -0.2) is 0 Å². The van der Waals surface area contributed by atoms with E-state index in [0.717, 1.165) is 12.1 Å². The van der Waals surface area contributed by atoms with E-state index in [1.807, 2.05) is 0 Å². The molecule has 0 fully saturated rings. The fraction of sp³-hybridized carbons (Fsp3) is 0.250. The monoisotopic (exact) mass is 379 g/mol. The van der Waals surface area contributed by atoms with E-state index in [0.29, 0.717) is 17.8 Å². The lowest BCUT2D eigenvalue weighted by Crippen LogP contribution is -2.29. The van der Waals surface area contributed by atoms with Crippen LogP contribution in [0.5, 0.6) is 0 Å². The SMILES string of the molecule is CC(C)=CC(C)C1C(c2ccccc2)=Nc2ccccc2CC1c1ccccc1. The Bertz CT molecular complexity index is 1010. The number of para-hydroxylation sites is 1. The van der Waals surface area contributed by atoms with Crippen molar-refractivity contribution >= 4 is 11.4 Å². The highest BCUT2D eigenvalue weighted by atomic mass is 14.8. The van der Waals surface area contributed by atoms with Crippen molar-refractivity contribution in [3.63, 3.8) is 0 Å². The van der Waals surface area contributed by atoms with Crippen LogP contribution in [0, 0.1) is 11.8 Å². The van der Waals surface area contributed by atoms with Crippen molar-refractivity contribution in [3.8, 4) is 0 Å². The van der Waals surface area contributed by atoms with E-state index in [2.05, 4.69) is 112 Å². The minimum atomic E-state index is 0.307. The second-order valence-corrected chi connectivity index (χ2v) is 8.34. The molecule has 1 heteroatoms. The molecule has 4 rings (SSSR count). The van der Waals surface area contributed by atoms with Gasteiger partial charge in [0.05, 0.1) is 11.4 Å². The van der Waals surface area contributed by atoms with Gasteiger partial charge in [-0.15, -0.1) is 0 Å². The number of allylic oxidation sites excluding steroid dienone is 2. The Morgan fingerprint density at radius 2 is 1.48 bits per heavy atom. The highest BCUT2D eigenvalue weighted by Crippen LogP contribution is 2.42. The third-order valence-corrected chi connectivity index (χ3v) is 5.88. The van der Waals surface area contributed by atoms with E-state index in [1.165, 1.54) is 28.0 Å². The lowest BCUT2D eigenvalue weighted by molar-refractivity contribution is 0.444. The molecule has 1 nitrogen and oxygen atoms in total. The maximum absolute atomic E-state index is 5.28. The van der Waals surface area contributed by atoms with E-state index >= 15 is 0 Å². The molecule has 3 unspecified atom stereocenters. The second-order valence-electron chi connectivity index (χ2n) is 8.34. The third kappa shape index (κ3) is 4.24. The fourth-order valence-electron chi connectivity index (χ4n) is 4.69. The van der Waals surface area contributed by atoms with Crippen LogP contribution in [-0.4, -0.2) is 5.71 Å². The van der Waals surface area contributed by atoms with Gasteiger partial charge < -0.3 is 0 Å². The topological polar surface area (TPSA) is 12.4 Å². The normalized spacial score (nSPS) is 19.5. The summed E-state index contributed by atoms with van der Waals surface area (Å²) < 4.78 is 0. The van der Waals surface area contributed by atoms with E-state index in [4.69, 9.17) is 4.99 Å². The highest BCUT2D eigenvalue weighted by molar-refractivity contribution is 6.05. The smallest absolute Gasteiger partial charge is 0.0665 e. The Kier molecular flexibility index (Phi) is 5.76. The summed E-state index contributed by atoms with van der Waals surface area (Å²) in [6.07, 6.45) is 3.42. The molecule has 29 heavy (non-hydrogen) atoms. The summed E-state index contributed by atoms with van der Waals surface area (Å²) in [7, 11) is 0. The van der Waals surface area contributed by atoms with Crippen molar-refractivity contribution in [2.24, 2.45) is 16.8 Å². The Labute approximate surface area is 174 Å². The van der Waals surface area contributed by atoms with Crippen molar-refractivity contribution in [1.29, 1.82) is 0 Å². The number of hydrogen-bond acceptors (Lipinski definition) is 1. The van der Waals surface area contributed by atoms with E-state index < -0.39 is 0 Å².